The van der Waals surface area contributed by atoms with Crippen molar-refractivity contribution < 1.29 is 18.4 Å². The van der Waals surface area contributed by atoms with Crippen LogP contribution in [0.5, 0.6) is 0 Å². The van der Waals surface area contributed by atoms with Crippen LogP contribution < -0.4 is 5.20 Å². The fourth-order valence-corrected chi connectivity index (χ4v) is 1.69. The molecule has 0 bridgehead atoms. The van der Waals surface area contributed by atoms with Crippen LogP contribution in [-0.4, -0.2) is 25.2 Å². The van der Waals surface area contributed by atoms with Gasteiger partial charge in [0.1, 0.15) is 0 Å². The van der Waals surface area contributed by atoms with Crippen molar-refractivity contribution in [1.29, 1.82) is 0 Å². The number of carbonyl (C=O) groups excluding carboxylic acids is 1. The van der Waals surface area contributed by atoms with Crippen LogP contribution >= 0.6 is 7.75 Å². The lowest BCUT2D eigenvalue weighted by molar-refractivity contribution is -0.110. The quantitative estimate of drug-likeness (QED) is 0.399. The Labute approximate surface area is 83.3 Å². The van der Waals surface area contributed by atoms with Crippen molar-refractivity contribution in [2.45, 2.75) is 20.8 Å². The Morgan fingerprint density at radius 3 is 2.29 bits per heavy atom. The molecule has 6 nitrogen and oxygen atoms in total. The molecule has 0 aliphatic rings. The van der Waals surface area contributed by atoms with Crippen molar-refractivity contribution in [1.82, 2.24) is 5.20 Å². The van der Waals surface area contributed by atoms with Gasteiger partial charge in [-0.2, -0.15) is 5.10 Å². The van der Waals surface area contributed by atoms with E-state index in [-0.39, 0.29) is 19.0 Å². The summed E-state index contributed by atoms with van der Waals surface area (Å²) < 4.78 is 21.3. The summed E-state index contributed by atoms with van der Waals surface area (Å²) in [6.07, 6.45) is 1.00. The zero-order valence-corrected chi connectivity index (χ0v) is 9.41. The number of rotatable bonds is 7. The largest absolute Gasteiger partial charge is 0.448 e. The lowest BCUT2D eigenvalue weighted by atomic mass is 10.5. The van der Waals surface area contributed by atoms with E-state index in [9.17, 15) is 9.36 Å². The number of nitrogens with one attached hydrogen (secondary N) is 1. The zero-order valence-electron chi connectivity index (χ0n) is 8.52. The fraction of sp³-hybridized carbons (Fsp3) is 0.714. The van der Waals surface area contributed by atoms with E-state index >= 15 is 0 Å². The molecule has 0 aromatic carbocycles. The van der Waals surface area contributed by atoms with E-state index in [1.54, 1.807) is 13.8 Å². The lowest BCUT2D eigenvalue weighted by Gasteiger charge is -2.14. The van der Waals surface area contributed by atoms with Crippen molar-refractivity contribution >= 4 is 19.7 Å². The van der Waals surface area contributed by atoms with Crippen LogP contribution in [0.4, 0.5) is 0 Å². The van der Waals surface area contributed by atoms with Gasteiger partial charge < -0.3 is 0 Å². The smallest absolute Gasteiger partial charge is 0.293 e. The fourth-order valence-electron chi connectivity index (χ4n) is 0.625. The lowest BCUT2D eigenvalue weighted by Crippen LogP contribution is -2.10. The highest BCUT2D eigenvalue weighted by Gasteiger charge is 2.22. The molecule has 7 heteroatoms. The maximum atomic E-state index is 11.6. The van der Waals surface area contributed by atoms with Gasteiger partial charge in [-0.15, -0.1) is 0 Å². The third-order valence-corrected chi connectivity index (χ3v) is 2.58. The van der Waals surface area contributed by atoms with Gasteiger partial charge in [0.2, 0.25) is 0 Å². The van der Waals surface area contributed by atoms with Crippen LogP contribution in [0, 0.1) is 0 Å². The third-order valence-electron chi connectivity index (χ3n) is 1.02. The number of hydrogen-bond acceptors (Lipinski definition) is 5. The molecular weight excluding hydrogens is 207 g/mol. The Bertz CT molecular complexity index is 244. The summed E-state index contributed by atoms with van der Waals surface area (Å²) in [4.78, 5) is 10.5. The minimum absolute atomic E-state index is 0.236. The molecule has 0 aliphatic heterocycles. The second kappa shape index (κ2) is 6.70. The van der Waals surface area contributed by atoms with Crippen LogP contribution in [0.15, 0.2) is 5.10 Å². The third kappa shape index (κ3) is 5.85. The molecule has 0 aliphatic carbocycles. The second-order valence-corrected chi connectivity index (χ2v) is 4.01. The Balaban J connectivity index is 4.22. The summed E-state index contributed by atoms with van der Waals surface area (Å²) in [6.45, 7) is 5.17. The minimum atomic E-state index is -3.38. The van der Waals surface area contributed by atoms with E-state index in [2.05, 4.69) is 10.3 Å². The Morgan fingerprint density at radius 2 is 1.93 bits per heavy atom. The van der Waals surface area contributed by atoms with E-state index in [4.69, 9.17) is 9.05 Å². The number of hydrogen-bond donors (Lipinski definition) is 1. The molecule has 0 fully saturated rings. The molecule has 0 rings (SSSR count). The normalized spacial score (nSPS) is 11.9. The first kappa shape index (κ1) is 13.3. The van der Waals surface area contributed by atoms with E-state index in [1.165, 1.54) is 6.92 Å². The number of Topliss-reactive ketones (excluding diaryl/α,β-unsaturated/α-hetero) is 1. The van der Waals surface area contributed by atoms with Crippen LogP contribution in [0.3, 0.4) is 0 Å². The molecule has 82 valence electrons. The first-order valence-electron chi connectivity index (χ1n) is 4.24. The summed E-state index contributed by atoms with van der Waals surface area (Å²) in [5.74, 6) is -0.253. The zero-order chi connectivity index (χ0) is 11.0. The maximum absolute atomic E-state index is 11.6. The van der Waals surface area contributed by atoms with Gasteiger partial charge in [0.25, 0.3) is 0 Å². The molecule has 0 saturated heterocycles. The maximum Gasteiger partial charge on any atom is 0.448 e. The summed E-state index contributed by atoms with van der Waals surface area (Å²) in [7, 11) is -3.38. The van der Waals surface area contributed by atoms with Gasteiger partial charge in [0.05, 0.1) is 19.4 Å². The minimum Gasteiger partial charge on any atom is -0.293 e. The molecule has 14 heavy (non-hydrogen) atoms. The van der Waals surface area contributed by atoms with Gasteiger partial charge in [0, 0.05) is 6.92 Å². The number of carbonyl (C=O) groups is 1. The summed E-state index contributed by atoms with van der Waals surface area (Å²) >= 11 is 0. The number of nitrogens with zero attached hydrogens (tertiary/aromatic N) is 1. The molecule has 0 unspecified atom stereocenters. The Kier molecular flexibility index (Phi) is 6.36. The van der Waals surface area contributed by atoms with Crippen molar-refractivity contribution in [2.24, 2.45) is 5.10 Å². The average Bonchev–Trinajstić information content (AvgIpc) is 2.03. The highest BCUT2D eigenvalue weighted by molar-refractivity contribution is 7.51. The second-order valence-electron chi connectivity index (χ2n) is 2.30. The highest BCUT2D eigenvalue weighted by atomic mass is 31.2. The van der Waals surface area contributed by atoms with Crippen molar-refractivity contribution in [3.8, 4) is 0 Å². The van der Waals surface area contributed by atoms with E-state index in [1.807, 2.05) is 0 Å². The van der Waals surface area contributed by atoms with Gasteiger partial charge in [-0.3, -0.25) is 13.8 Å². The molecule has 0 aromatic heterocycles. The van der Waals surface area contributed by atoms with Gasteiger partial charge in [-0.1, -0.05) is 0 Å². The Morgan fingerprint density at radius 1 is 1.43 bits per heavy atom. The monoisotopic (exact) mass is 222 g/mol. The van der Waals surface area contributed by atoms with Crippen LogP contribution in [0.1, 0.15) is 20.8 Å². The first-order valence-corrected chi connectivity index (χ1v) is 5.78. The number of ketones is 1. The predicted molar refractivity (Wildman–Crippen MR) is 53.2 cm³/mol. The standard InChI is InChI=1S/C7H15N2O4P/c1-4-12-14(11,13-5-2)9-8-6-7(3)10/h6H,4-5H2,1-3H3,(H,9,11)/b8-6+. The first-order chi connectivity index (χ1) is 6.54. The molecule has 0 heterocycles. The molecule has 0 spiro atoms. The summed E-state index contributed by atoms with van der Waals surface area (Å²) in [5, 5.41) is 5.63. The molecular formula is C7H15N2O4P. The van der Waals surface area contributed by atoms with Crippen LogP contribution in [0.25, 0.3) is 0 Å². The molecule has 0 aromatic rings. The van der Waals surface area contributed by atoms with Gasteiger partial charge in [-0.25, -0.2) is 9.76 Å². The molecule has 0 radical (unpaired) electrons. The Hall–Kier alpha value is -0.710. The summed E-state index contributed by atoms with van der Waals surface area (Å²) in [5.41, 5.74) is 0. The highest BCUT2D eigenvalue weighted by Crippen LogP contribution is 2.43. The average molecular weight is 222 g/mol. The molecule has 0 atom stereocenters. The number of hydrazone groups is 1. The predicted octanol–water partition coefficient (Wildman–Crippen LogP) is 1.33. The van der Waals surface area contributed by atoms with E-state index in [0.717, 1.165) is 6.21 Å². The van der Waals surface area contributed by atoms with Crippen LogP contribution in [0.2, 0.25) is 0 Å². The van der Waals surface area contributed by atoms with E-state index in [0.29, 0.717) is 0 Å². The van der Waals surface area contributed by atoms with Crippen LogP contribution in [-0.2, 0) is 18.4 Å². The summed E-state index contributed by atoms with van der Waals surface area (Å²) in [6, 6.07) is 0. The molecule has 1 N–H and O–H groups in total. The topological polar surface area (TPSA) is 77.0 Å². The molecule has 0 saturated carbocycles. The van der Waals surface area contributed by atoms with Gasteiger partial charge in [0.15, 0.2) is 5.78 Å². The van der Waals surface area contributed by atoms with Gasteiger partial charge in [-0.05, 0) is 13.8 Å². The van der Waals surface area contributed by atoms with Crippen molar-refractivity contribution in [2.75, 3.05) is 13.2 Å². The van der Waals surface area contributed by atoms with Gasteiger partial charge >= 0.3 is 7.75 Å². The molecule has 0 amide bonds. The van der Waals surface area contributed by atoms with Crippen molar-refractivity contribution in [3.63, 3.8) is 0 Å². The van der Waals surface area contributed by atoms with E-state index < -0.39 is 7.75 Å². The SMILES string of the molecule is CCOP(=O)(N/N=C/C(C)=O)OCC. The van der Waals surface area contributed by atoms with Crippen molar-refractivity contribution in [3.05, 3.63) is 0 Å².